The molecule has 0 aliphatic rings. The van der Waals surface area contributed by atoms with Crippen LogP contribution in [0.1, 0.15) is 51.5 Å². The molecule has 0 aliphatic heterocycles. The van der Waals surface area contributed by atoms with Crippen LogP contribution < -0.4 is 5.32 Å². The minimum Gasteiger partial charge on any atom is -0.461 e. The Morgan fingerprint density at radius 3 is 2.45 bits per heavy atom. The van der Waals surface area contributed by atoms with Crippen LogP contribution in [0.2, 0.25) is 0 Å². The number of esters is 1. The maximum Gasteiger partial charge on any atom is 0.355 e. The monoisotopic (exact) mass is 461 g/mol. The summed E-state index contributed by atoms with van der Waals surface area (Å²) in [7, 11) is 0. The van der Waals surface area contributed by atoms with Crippen LogP contribution in [-0.2, 0) is 11.3 Å². The summed E-state index contributed by atoms with van der Waals surface area (Å²) >= 11 is 1.65. The number of benzene rings is 2. The highest BCUT2D eigenvalue weighted by Gasteiger charge is 2.26. The van der Waals surface area contributed by atoms with Crippen molar-refractivity contribution < 1.29 is 14.3 Å². The SMILES string of the molecule is CCOC(=O)c1c(C)c(C(=O)Nc2ccc(-c3nc4ccc(C)cc4s3)cc2)c(C)n1CC. The first-order chi connectivity index (χ1) is 15.8. The number of fused-ring (bicyclic) bond motifs is 1. The molecule has 4 aromatic rings. The van der Waals surface area contributed by atoms with Gasteiger partial charge in [-0.25, -0.2) is 9.78 Å². The van der Waals surface area contributed by atoms with Crippen LogP contribution in [0.3, 0.4) is 0 Å². The van der Waals surface area contributed by atoms with Crippen LogP contribution in [0.25, 0.3) is 20.8 Å². The Labute approximate surface area is 197 Å². The minimum absolute atomic E-state index is 0.244. The van der Waals surface area contributed by atoms with E-state index in [4.69, 9.17) is 9.72 Å². The van der Waals surface area contributed by atoms with E-state index in [1.54, 1.807) is 25.2 Å². The van der Waals surface area contributed by atoms with Crippen molar-refractivity contribution in [1.82, 2.24) is 9.55 Å². The van der Waals surface area contributed by atoms with E-state index in [2.05, 4.69) is 24.4 Å². The average molecular weight is 462 g/mol. The third-order valence-electron chi connectivity index (χ3n) is 5.71. The molecule has 0 spiro atoms. The van der Waals surface area contributed by atoms with E-state index in [0.717, 1.165) is 26.5 Å². The van der Waals surface area contributed by atoms with E-state index < -0.39 is 5.97 Å². The molecule has 33 heavy (non-hydrogen) atoms. The lowest BCUT2D eigenvalue weighted by atomic mass is 10.1. The first kappa shape index (κ1) is 22.7. The molecule has 1 N–H and O–H groups in total. The number of carbonyl (C=O) groups excluding carboxylic acids is 2. The molecule has 2 aromatic heterocycles. The Hall–Kier alpha value is -3.45. The van der Waals surface area contributed by atoms with Crippen molar-refractivity contribution in [1.29, 1.82) is 0 Å². The number of rotatable bonds is 6. The number of amides is 1. The summed E-state index contributed by atoms with van der Waals surface area (Å²) in [5.41, 5.74) is 6.20. The molecule has 0 saturated heterocycles. The molecule has 6 nitrogen and oxygen atoms in total. The number of ether oxygens (including phenoxy) is 1. The van der Waals surface area contributed by atoms with Gasteiger partial charge in [-0.1, -0.05) is 6.07 Å². The van der Waals surface area contributed by atoms with Crippen molar-refractivity contribution in [2.75, 3.05) is 11.9 Å². The van der Waals surface area contributed by atoms with Gasteiger partial charge in [0.1, 0.15) is 10.7 Å². The van der Waals surface area contributed by atoms with Gasteiger partial charge in [-0.15, -0.1) is 11.3 Å². The lowest BCUT2D eigenvalue weighted by Crippen LogP contribution is -2.14. The van der Waals surface area contributed by atoms with Crippen LogP contribution in [-0.4, -0.2) is 28.0 Å². The summed E-state index contributed by atoms with van der Waals surface area (Å²) in [5.74, 6) is -0.652. The van der Waals surface area contributed by atoms with Crippen LogP contribution in [0.4, 0.5) is 5.69 Å². The number of nitrogens with one attached hydrogen (secondary N) is 1. The molecular weight excluding hydrogens is 434 g/mol. The molecule has 4 rings (SSSR count). The first-order valence-electron chi connectivity index (χ1n) is 11.0. The van der Waals surface area contributed by atoms with E-state index in [9.17, 15) is 9.59 Å². The molecular formula is C26H27N3O3S. The molecule has 170 valence electrons. The lowest BCUT2D eigenvalue weighted by molar-refractivity contribution is 0.0512. The van der Waals surface area contributed by atoms with E-state index in [-0.39, 0.29) is 12.5 Å². The molecule has 2 aromatic carbocycles. The molecule has 2 heterocycles. The second-order valence-corrected chi connectivity index (χ2v) is 8.95. The van der Waals surface area contributed by atoms with E-state index >= 15 is 0 Å². The molecule has 0 bridgehead atoms. The third kappa shape index (κ3) is 4.28. The maximum absolute atomic E-state index is 13.1. The highest BCUT2D eigenvalue weighted by atomic mass is 32.1. The minimum atomic E-state index is -0.408. The fourth-order valence-electron chi connectivity index (χ4n) is 4.13. The highest BCUT2D eigenvalue weighted by molar-refractivity contribution is 7.21. The molecule has 0 aliphatic carbocycles. The number of hydrogen-bond acceptors (Lipinski definition) is 5. The van der Waals surface area contributed by atoms with Crippen molar-refractivity contribution in [2.24, 2.45) is 0 Å². The van der Waals surface area contributed by atoms with Gasteiger partial charge < -0.3 is 14.6 Å². The number of aryl methyl sites for hydroxylation is 1. The number of carbonyl (C=O) groups is 2. The van der Waals surface area contributed by atoms with Crippen molar-refractivity contribution >= 4 is 39.1 Å². The zero-order valence-corrected chi connectivity index (χ0v) is 20.3. The summed E-state index contributed by atoms with van der Waals surface area (Å²) in [6.45, 7) is 10.3. The molecule has 1 amide bonds. The second kappa shape index (κ2) is 9.19. The van der Waals surface area contributed by atoms with Crippen molar-refractivity contribution in [3.63, 3.8) is 0 Å². The third-order valence-corrected chi connectivity index (χ3v) is 6.78. The molecule has 0 fully saturated rings. The van der Waals surface area contributed by atoms with Gasteiger partial charge in [-0.2, -0.15) is 0 Å². The summed E-state index contributed by atoms with van der Waals surface area (Å²) < 4.78 is 8.20. The topological polar surface area (TPSA) is 73.2 Å². The molecule has 0 radical (unpaired) electrons. The van der Waals surface area contributed by atoms with Gasteiger partial charge in [0.05, 0.1) is 22.4 Å². The van der Waals surface area contributed by atoms with Gasteiger partial charge in [0, 0.05) is 23.5 Å². The Kier molecular flexibility index (Phi) is 6.33. The van der Waals surface area contributed by atoms with Crippen molar-refractivity contribution in [3.05, 3.63) is 70.5 Å². The Morgan fingerprint density at radius 2 is 1.79 bits per heavy atom. The van der Waals surface area contributed by atoms with Crippen LogP contribution in [0.15, 0.2) is 42.5 Å². The highest BCUT2D eigenvalue weighted by Crippen LogP contribution is 2.31. The largest absolute Gasteiger partial charge is 0.461 e. The standard InChI is InChI=1S/C26H27N3O3S/c1-6-29-17(5)22(16(4)23(29)26(31)32-7-2)24(30)27-19-11-9-18(10-12-19)25-28-20-13-8-15(3)14-21(20)33-25/h8-14H,6-7H2,1-5H3,(H,27,30). The molecule has 7 heteroatoms. The van der Waals surface area contributed by atoms with Gasteiger partial charge in [-0.3, -0.25) is 4.79 Å². The van der Waals surface area contributed by atoms with E-state index in [1.807, 2.05) is 48.7 Å². The van der Waals surface area contributed by atoms with E-state index in [0.29, 0.717) is 29.1 Å². The number of hydrogen-bond donors (Lipinski definition) is 1. The van der Waals surface area contributed by atoms with E-state index in [1.165, 1.54) is 5.56 Å². The fraction of sp³-hybridized carbons (Fsp3) is 0.269. The fourth-order valence-corrected chi connectivity index (χ4v) is 5.20. The Balaban J connectivity index is 1.58. The first-order valence-corrected chi connectivity index (χ1v) is 11.8. The molecule has 0 saturated carbocycles. The average Bonchev–Trinajstić information content (AvgIpc) is 3.31. The number of anilines is 1. The van der Waals surface area contributed by atoms with Gasteiger partial charge >= 0.3 is 5.97 Å². The van der Waals surface area contributed by atoms with Crippen LogP contribution >= 0.6 is 11.3 Å². The normalized spacial score (nSPS) is 11.1. The second-order valence-electron chi connectivity index (χ2n) is 7.92. The quantitative estimate of drug-likeness (QED) is 0.350. The molecule has 0 unspecified atom stereocenters. The van der Waals surface area contributed by atoms with Gasteiger partial charge in [0.2, 0.25) is 0 Å². The number of thiazole rings is 1. The Morgan fingerprint density at radius 1 is 1.06 bits per heavy atom. The van der Waals surface area contributed by atoms with Gasteiger partial charge in [0.25, 0.3) is 5.91 Å². The predicted molar refractivity (Wildman–Crippen MR) is 133 cm³/mol. The zero-order valence-electron chi connectivity index (χ0n) is 19.5. The van der Waals surface area contributed by atoms with Gasteiger partial charge in [0.15, 0.2) is 0 Å². The Bertz CT molecular complexity index is 1350. The predicted octanol–water partition coefficient (Wildman–Crippen LogP) is 6.14. The summed E-state index contributed by atoms with van der Waals surface area (Å²) in [5, 5.41) is 3.91. The zero-order chi connectivity index (χ0) is 23.7. The summed E-state index contributed by atoms with van der Waals surface area (Å²) in [6, 6.07) is 13.9. The van der Waals surface area contributed by atoms with Gasteiger partial charge in [-0.05, 0) is 82.1 Å². The molecule has 0 atom stereocenters. The number of aromatic nitrogens is 2. The smallest absolute Gasteiger partial charge is 0.355 e. The van der Waals surface area contributed by atoms with Crippen LogP contribution in [0.5, 0.6) is 0 Å². The maximum atomic E-state index is 13.1. The number of nitrogens with zero attached hydrogens (tertiary/aromatic N) is 2. The summed E-state index contributed by atoms with van der Waals surface area (Å²) in [4.78, 5) is 30.3. The van der Waals surface area contributed by atoms with Crippen molar-refractivity contribution in [3.8, 4) is 10.6 Å². The summed E-state index contributed by atoms with van der Waals surface area (Å²) in [6.07, 6.45) is 0. The van der Waals surface area contributed by atoms with Crippen molar-refractivity contribution in [2.45, 2.75) is 41.2 Å². The lowest BCUT2D eigenvalue weighted by Gasteiger charge is -2.08. The van der Waals surface area contributed by atoms with Crippen LogP contribution in [0, 0.1) is 20.8 Å².